The smallest absolute Gasteiger partial charge is 0.398 e. The number of nitrogens with two attached hydrogens (primary N) is 1. The first kappa shape index (κ1) is 19.2. The van der Waals surface area contributed by atoms with Gasteiger partial charge in [0.2, 0.25) is 0 Å². The minimum absolute atomic E-state index is 0.00500. The number of hydrogen-bond donors (Lipinski definition) is 1. The van der Waals surface area contributed by atoms with E-state index in [9.17, 15) is 18.0 Å². The van der Waals surface area contributed by atoms with Crippen molar-refractivity contribution in [3.05, 3.63) is 59.7 Å². The van der Waals surface area contributed by atoms with Gasteiger partial charge in [-0.15, -0.1) is 13.2 Å². The van der Waals surface area contributed by atoms with Crippen LogP contribution in [0.1, 0.15) is 15.9 Å². The highest BCUT2D eigenvalue weighted by Gasteiger charge is 2.57. The number of halogens is 3. The predicted molar refractivity (Wildman–Crippen MR) is 96.6 cm³/mol. The Hall–Kier alpha value is -2.58. The van der Waals surface area contributed by atoms with E-state index in [1.807, 2.05) is 0 Å². The van der Waals surface area contributed by atoms with E-state index >= 15 is 0 Å². The first-order chi connectivity index (χ1) is 12.8. The van der Waals surface area contributed by atoms with Gasteiger partial charge < -0.3 is 10.5 Å². The highest BCUT2D eigenvalue weighted by molar-refractivity contribution is 5.95. The summed E-state index contributed by atoms with van der Waals surface area (Å²) in [5.41, 5.74) is 7.38. The molecule has 144 valence electrons. The normalized spacial score (nSPS) is 16.7. The lowest BCUT2D eigenvalue weighted by Crippen LogP contribution is -2.71. The van der Waals surface area contributed by atoms with Crippen molar-refractivity contribution in [2.45, 2.75) is 13.2 Å². The second-order valence-corrected chi connectivity index (χ2v) is 6.47. The third-order valence-electron chi connectivity index (χ3n) is 4.79. The molecule has 0 aromatic heterocycles. The first-order valence-corrected chi connectivity index (χ1v) is 8.54. The van der Waals surface area contributed by atoms with Crippen LogP contribution in [0.2, 0.25) is 0 Å². The monoisotopic (exact) mass is 380 g/mol. The zero-order valence-corrected chi connectivity index (χ0v) is 14.9. The van der Waals surface area contributed by atoms with Gasteiger partial charge in [0.1, 0.15) is 13.1 Å². The van der Waals surface area contributed by atoms with Gasteiger partial charge in [0.15, 0.2) is 5.69 Å². The lowest BCUT2D eigenvalue weighted by Gasteiger charge is -2.46. The largest absolute Gasteiger partial charge is 0.531 e. The van der Waals surface area contributed by atoms with Crippen molar-refractivity contribution in [1.82, 2.24) is 9.60 Å². The SMILES string of the molecule is Cc1ccc([N+]2(N(C(=O)c3ccccc3)C(F)(F)F)CCOCC2)cc1N. The zero-order valence-electron chi connectivity index (χ0n) is 14.9. The molecule has 1 aliphatic heterocycles. The number of nitrogens with zero attached hydrogens (tertiary/aromatic N) is 2. The summed E-state index contributed by atoms with van der Waals surface area (Å²) in [4.78, 5) is 12.9. The molecule has 1 fully saturated rings. The van der Waals surface area contributed by atoms with Crippen LogP contribution in [-0.4, -0.2) is 43.5 Å². The van der Waals surface area contributed by atoms with E-state index in [1.54, 1.807) is 25.1 Å². The van der Waals surface area contributed by atoms with Crippen molar-refractivity contribution in [1.29, 1.82) is 0 Å². The van der Waals surface area contributed by atoms with Crippen LogP contribution in [-0.2, 0) is 4.74 Å². The highest BCUT2D eigenvalue weighted by Crippen LogP contribution is 2.38. The second kappa shape index (κ2) is 7.21. The Kier molecular flexibility index (Phi) is 5.12. The maximum Gasteiger partial charge on any atom is 0.531 e. The van der Waals surface area contributed by atoms with E-state index in [-0.39, 0.29) is 36.9 Å². The van der Waals surface area contributed by atoms with E-state index in [4.69, 9.17) is 10.5 Å². The van der Waals surface area contributed by atoms with Crippen molar-refractivity contribution in [3.8, 4) is 0 Å². The Morgan fingerprint density at radius 3 is 2.30 bits per heavy atom. The third-order valence-corrected chi connectivity index (χ3v) is 4.79. The number of alkyl halides is 3. The molecule has 2 N–H and O–H groups in total. The summed E-state index contributed by atoms with van der Waals surface area (Å²) >= 11 is 0. The lowest BCUT2D eigenvalue weighted by molar-refractivity contribution is -0.289. The van der Waals surface area contributed by atoms with Crippen molar-refractivity contribution < 1.29 is 22.7 Å². The van der Waals surface area contributed by atoms with Crippen molar-refractivity contribution >= 4 is 17.3 Å². The van der Waals surface area contributed by atoms with E-state index in [0.717, 1.165) is 5.56 Å². The number of aryl methyl sites for hydroxylation is 1. The standard InChI is InChI=1S/C19H21F3N3O2/c1-14-7-8-16(13-17(14)23)25(9-11-27-12-10-25)24(19(20,21)22)18(26)15-5-3-2-4-6-15/h2-8,13H,9-12,23H2,1H3/q+1. The molecule has 0 atom stereocenters. The molecule has 2 aromatic rings. The molecule has 2 aromatic carbocycles. The number of nitrogen functional groups attached to an aromatic ring is 1. The Morgan fingerprint density at radius 1 is 1.11 bits per heavy atom. The number of anilines is 1. The quantitative estimate of drug-likeness (QED) is 0.504. The molecule has 1 aliphatic rings. The molecule has 0 radical (unpaired) electrons. The van der Waals surface area contributed by atoms with Gasteiger partial charge >= 0.3 is 12.2 Å². The van der Waals surface area contributed by atoms with Crippen molar-refractivity contribution in [3.63, 3.8) is 0 Å². The second-order valence-electron chi connectivity index (χ2n) is 6.47. The average molecular weight is 380 g/mol. The Balaban J connectivity index is 2.17. The van der Waals surface area contributed by atoms with Gasteiger partial charge in [0.25, 0.3) is 0 Å². The molecule has 0 spiro atoms. The number of benzene rings is 2. The summed E-state index contributed by atoms with van der Waals surface area (Å²) < 4.78 is 47.1. The first-order valence-electron chi connectivity index (χ1n) is 8.54. The van der Waals surface area contributed by atoms with E-state index in [1.165, 1.54) is 30.3 Å². The Morgan fingerprint density at radius 2 is 1.74 bits per heavy atom. The van der Waals surface area contributed by atoms with Crippen molar-refractivity contribution in [2.24, 2.45) is 0 Å². The average Bonchev–Trinajstić information content (AvgIpc) is 2.64. The molecule has 8 heteroatoms. The minimum Gasteiger partial charge on any atom is -0.398 e. The number of amides is 1. The molecule has 3 rings (SSSR count). The number of ether oxygens (including phenoxy) is 1. The third kappa shape index (κ3) is 3.63. The summed E-state index contributed by atoms with van der Waals surface area (Å²) in [5.74, 6) is -1.11. The van der Waals surface area contributed by atoms with E-state index < -0.39 is 16.8 Å². The van der Waals surface area contributed by atoms with Crippen LogP contribution in [0.4, 0.5) is 24.5 Å². The van der Waals surface area contributed by atoms with Crippen LogP contribution in [0.15, 0.2) is 48.5 Å². The maximum atomic E-state index is 14.2. The maximum absolute atomic E-state index is 14.2. The molecular weight excluding hydrogens is 359 g/mol. The topological polar surface area (TPSA) is 55.6 Å². The summed E-state index contributed by atoms with van der Waals surface area (Å²) in [7, 11) is 0. The summed E-state index contributed by atoms with van der Waals surface area (Å²) in [6, 6.07) is 12.2. The number of hydrogen-bond acceptors (Lipinski definition) is 3. The molecule has 0 saturated carbocycles. The molecule has 27 heavy (non-hydrogen) atoms. The van der Waals surface area contributed by atoms with Crippen LogP contribution in [0.25, 0.3) is 0 Å². The van der Waals surface area contributed by atoms with E-state index in [2.05, 4.69) is 0 Å². The fourth-order valence-electron chi connectivity index (χ4n) is 3.31. The lowest BCUT2D eigenvalue weighted by atomic mass is 10.1. The van der Waals surface area contributed by atoms with Crippen LogP contribution >= 0.6 is 0 Å². The Bertz CT molecular complexity index is 819. The zero-order chi connectivity index (χ0) is 19.7. The van der Waals surface area contributed by atoms with Crippen LogP contribution in [0, 0.1) is 6.92 Å². The molecular formula is C19H21F3N3O2+. The van der Waals surface area contributed by atoms with Gasteiger partial charge in [0.05, 0.1) is 13.2 Å². The summed E-state index contributed by atoms with van der Waals surface area (Å²) in [5, 5.41) is -0.00500. The van der Waals surface area contributed by atoms with Gasteiger partial charge in [-0.25, -0.2) is 0 Å². The van der Waals surface area contributed by atoms with Crippen LogP contribution in [0.3, 0.4) is 0 Å². The number of morpholine rings is 1. The number of quaternary nitrogens is 1. The molecule has 1 saturated heterocycles. The predicted octanol–water partition coefficient (Wildman–Crippen LogP) is 3.49. The summed E-state index contributed by atoms with van der Waals surface area (Å²) in [6.07, 6.45) is -4.89. The molecule has 1 heterocycles. The fraction of sp³-hybridized carbons (Fsp3) is 0.316. The van der Waals surface area contributed by atoms with Gasteiger partial charge in [-0.05, 0) is 24.6 Å². The number of carbonyl (C=O) groups excluding carboxylic acids is 1. The number of rotatable bonds is 3. The van der Waals surface area contributed by atoms with E-state index in [0.29, 0.717) is 11.4 Å². The molecule has 5 nitrogen and oxygen atoms in total. The minimum atomic E-state index is -4.89. The van der Waals surface area contributed by atoms with Gasteiger partial charge in [-0.2, -0.15) is 4.59 Å². The van der Waals surface area contributed by atoms with Crippen molar-refractivity contribution in [2.75, 3.05) is 32.0 Å². The molecule has 0 aliphatic carbocycles. The Labute approximate surface area is 155 Å². The highest BCUT2D eigenvalue weighted by atomic mass is 19.4. The van der Waals surface area contributed by atoms with Crippen LogP contribution < -0.4 is 10.3 Å². The number of carbonyl (C=O) groups is 1. The fourth-order valence-corrected chi connectivity index (χ4v) is 3.31. The van der Waals surface area contributed by atoms with Gasteiger partial charge in [0, 0.05) is 23.4 Å². The molecule has 0 bridgehead atoms. The summed E-state index contributed by atoms with van der Waals surface area (Å²) in [6.45, 7) is 1.92. The molecule has 1 amide bonds. The van der Waals surface area contributed by atoms with Crippen LogP contribution in [0.5, 0.6) is 0 Å². The van der Waals surface area contributed by atoms with Gasteiger partial charge in [-0.1, -0.05) is 29.3 Å². The molecule has 0 unspecified atom stereocenters. The van der Waals surface area contributed by atoms with Gasteiger partial charge in [-0.3, -0.25) is 4.79 Å².